The maximum atomic E-state index is 11.9. The number of benzene rings is 2. The molecule has 0 bridgehead atoms. The third-order valence-electron chi connectivity index (χ3n) is 3.37. The number of amides is 2. The molecular weight excluding hydrogens is 310 g/mol. The van der Waals surface area contributed by atoms with Crippen molar-refractivity contribution in [3.8, 4) is 0 Å². The van der Waals surface area contributed by atoms with E-state index in [0.29, 0.717) is 5.69 Å². The van der Waals surface area contributed by atoms with Gasteiger partial charge in [-0.05, 0) is 30.2 Å². The van der Waals surface area contributed by atoms with Crippen molar-refractivity contribution < 1.29 is 14.5 Å². The van der Waals surface area contributed by atoms with E-state index in [2.05, 4.69) is 10.6 Å². The number of carbonyl (C=O) groups excluding carboxylic acids is 2. The third kappa shape index (κ3) is 4.64. The molecule has 0 atom stereocenters. The van der Waals surface area contributed by atoms with Gasteiger partial charge in [-0.3, -0.25) is 19.7 Å². The molecule has 24 heavy (non-hydrogen) atoms. The van der Waals surface area contributed by atoms with E-state index in [9.17, 15) is 19.7 Å². The van der Waals surface area contributed by atoms with E-state index in [4.69, 9.17) is 0 Å². The number of nitrogens with one attached hydrogen (secondary N) is 2. The zero-order valence-electron chi connectivity index (χ0n) is 13.1. The second-order valence-corrected chi connectivity index (χ2v) is 5.09. The number of carbonyl (C=O) groups is 2. The smallest absolute Gasteiger partial charge is 0.270 e. The van der Waals surface area contributed by atoms with Gasteiger partial charge in [0.2, 0.25) is 5.91 Å². The Hall–Kier alpha value is -3.22. The lowest BCUT2D eigenvalue weighted by atomic mass is 10.1. The standard InChI is InChI=1S/C17H17N3O4/c1-2-12-6-8-14(9-7-12)19-16(21)11-18-17(22)13-4-3-5-15(10-13)20(23)24/h3-10H,2,11H2,1H3,(H,18,22)(H,19,21). The lowest BCUT2D eigenvalue weighted by Gasteiger charge is -2.07. The maximum Gasteiger partial charge on any atom is 0.270 e. The van der Waals surface area contributed by atoms with Crippen molar-refractivity contribution in [3.63, 3.8) is 0 Å². The lowest BCUT2D eigenvalue weighted by Crippen LogP contribution is -2.32. The molecule has 124 valence electrons. The average Bonchev–Trinajstić information content (AvgIpc) is 2.60. The first kappa shape index (κ1) is 17.1. The molecule has 0 saturated carbocycles. The van der Waals surface area contributed by atoms with Crippen LogP contribution < -0.4 is 10.6 Å². The largest absolute Gasteiger partial charge is 0.343 e. The molecule has 0 heterocycles. The average molecular weight is 327 g/mol. The number of aryl methyl sites for hydroxylation is 1. The number of nitro benzene ring substituents is 1. The quantitative estimate of drug-likeness (QED) is 0.628. The van der Waals surface area contributed by atoms with Gasteiger partial charge in [-0.1, -0.05) is 25.1 Å². The Balaban J connectivity index is 1.89. The second-order valence-electron chi connectivity index (χ2n) is 5.09. The van der Waals surface area contributed by atoms with Crippen LogP contribution in [0.5, 0.6) is 0 Å². The number of anilines is 1. The highest BCUT2D eigenvalue weighted by Crippen LogP contribution is 2.13. The van der Waals surface area contributed by atoms with Gasteiger partial charge in [-0.25, -0.2) is 0 Å². The summed E-state index contributed by atoms with van der Waals surface area (Å²) in [5.74, 6) is -0.923. The normalized spacial score (nSPS) is 10.0. The van der Waals surface area contributed by atoms with Gasteiger partial charge in [0.15, 0.2) is 0 Å². The molecule has 2 rings (SSSR count). The monoisotopic (exact) mass is 327 g/mol. The summed E-state index contributed by atoms with van der Waals surface area (Å²) in [7, 11) is 0. The molecular formula is C17H17N3O4. The van der Waals surface area contributed by atoms with E-state index in [0.717, 1.165) is 18.1 Å². The van der Waals surface area contributed by atoms with Crippen LogP contribution in [0, 0.1) is 10.1 Å². The molecule has 0 radical (unpaired) electrons. The van der Waals surface area contributed by atoms with E-state index in [-0.39, 0.29) is 23.7 Å². The molecule has 2 N–H and O–H groups in total. The van der Waals surface area contributed by atoms with Gasteiger partial charge in [-0.15, -0.1) is 0 Å². The van der Waals surface area contributed by atoms with Crippen molar-refractivity contribution in [1.29, 1.82) is 0 Å². The van der Waals surface area contributed by atoms with E-state index in [1.54, 1.807) is 12.1 Å². The van der Waals surface area contributed by atoms with Crippen LogP contribution in [-0.4, -0.2) is 23.3 Å². The van der Waals surface area contributed by atoms with Crippen molar-refractivity contribution in [2.24, 2.45) is 0 Å². The Morgan fingerprint density at radius 3 is 2.46 bits per heavy atom. The molecule has 0 aliphatic carbocycles. The third-order valence-corrected chi connectivity index (χ3v) is 3.37. The zero-order valence-corrected chi connectivity index (χ0v) is 13.1. The molecule has 2 aromatic rings. The van der Waals surface area contributed by atoms with Crippen LogP contribution in [0.4, 0.5) is 11.4 Å². The first-order chi connectivity index (χ1) is 11.5. The minimum Gasteiger partial charge on any atom is -0.343 e. The summed E-state index contributed by atoms with van der Waals surface area (Å²) in [6, 6.07) is 12.7. The number of hydrogen-bond acceptors (Lipinski definition) is 4. The van der Waals surface area contributed by atoms with Gasteiger partial charge in [0, 0.05) is 23.4 Å². The summed E-state index contributed by atoms with van der Waals surface area (Å²) in [6.07, 6.45) is 0.910. The number of hydrogen-bond donors (Lipinski definition) is 2. The predicted octanol–water partition coefficient (Wildman–Crippen LogP) is 2.53. The molecule has 2 amide bonds. The van der Waals surface area contributed by atoms with Crippen molar-refractivity contribution in [2.45, 2.75) is 13.3 Å². The summed E-state index contributed by atoms with van der Waals surface area (Å²) in [5.41, 5.74) is 1.75. The molecule has 0 unspecified atom stereocenters. The molecule has 7 nitrogen and oxygen atoms in total. The molecule has 7 heteroatoms. The van der Waals surface area contributed by atoms with Crippen LogP contribution in [0.1, 0.15) is 22.8 Å². The summed E-state index contributed by atoms with van der Waals surface area (Å²) in [5, 5.41) is 15.8. The van der Waals surface area contributed by atoms with Crippen LogP contribution in [-0.2, 0) is 11.2 Å². The first-order valence-electron chi connectivity index (χ1n) is 7.41. The summed E-state index contributed by atoms with van der Waals surface area (Å²) >= 11 is 0. The molecule has 0 spiro atoms. The number of nitrogens with zero attached hydrogens (tertiary/aromatic N) is 1. The summed E-state index contributed by atoms with van der Waals surface area (Å²) < 4.78 is 0. The SMILES string of the molecule is CCc1ccc(NC(=O)CNC(=O)c2cccc([N+](=O)[O-])c2)cc1. The van der Waals surface area contributed by atoms with Gasteiger partial charge in [0.25, 0.3) is 11.6 Å². The Labute approximate surface area is 138 Å². The lowest BCUT2D eigenvalue weighted by molar-refractivity contribution is -0.384. The number of non-ortho nitro benzene ring substituents is 1. The van der Waals surface area contributed by atoms with E-state index in [1.165, 1.54) is 18.2 Å². The Morgan fingerprint density at radius 2 is 1.83 bits per heavy atom. The molecule has 0 saturated heterocycles. The second kappa shape index (κ2) is 7.87. The Morgan fingerprint density at radius 1 is 1.12 bits per heavy atom. The van der Waals surface area contributed by atoms with Crippen LogP contribution in [0.15, 0.2) is 48.5 Å². The van der Waals surface area contributed by atoms with Crippen molar-refractivity contribution in [2.75, 3.05) is 11.9 Å². The van der Waals surface area contributed by atoms with Crippen LogP contribution in [0.25, 0.3) is 0 Å². The number of rotatable bonds is 6. The molecule has 0 fully saturated rings. The first-order valence-corrected chi connectivity index (χ1v) is 7.41. The molecule has 0 aliphatic heterocycles. The molecule has 2 aromatic carbocycles. The van der Waals surface area contributed by atoms with Crippen molar-refractivity contribution >= 4 is 23.2 Å². The van der Waals surface area contributed by atoms with E-state index >= 15 is 0 Å². The van der Waals surface area contributed by atoms with E-state index in [1.807, 2.05) is 19.1 Å². The number of nitro groups is 1. The van der Waals surface area contributed by atoms with Crippen LogP contribution in [0.3, 0.4) is 0 Å². The van der Waals surface area contributed by atoms with Gasteiger partial charge < -0.3 is 10.6 Å². The van der Waals surface area contributed by atoms with E-state index < -0.39 is 10.8 Å². The fourth-order valence-corrected chi connectivity index (χ4v) is 2.05. The maximum absolute atomic E-state index is 11.9. The minimum atomic E-state index is -0.580. The fourth-order valence-electron chi connectivity index (χ4n) is 2.05. The van der Waals surface area contributed by atoms with Gasteiger partial charge in [0.1, 0.15) is 0 Å². The van der Waals surface area contributed by atoms with Gasteiger partial charge in [-0.2, -0.15) is 0 Å². The van der Waals surface area contributed by atoms with Crippen molar-refractivity contribution in [3.05, 3.63) is 69.8 Å². The minimum absolute atomic E-state index is 0.129. The summed E-state index contributed by atoms with van der Waals surface area (Å²) in [4.78, 5) is 33.9. The topological polar surface area (TPSA) is 101 Å². The Bertz CT molecular complexity index is 757. The highest BCUT2D eigenvalue weighted by molar-refractivity contribution is 5.99. The van der Waals surface area contributed by atoms with Crippen LogP contribution >= 0.6 is 0 Å². The predicted molar refractivity (Wildman–Crippen MR) is 89.9 cm³/mol. The van der Waals surface area contributed by atoms with Crippen LogP contribution in [0.2, 0.25) is 0 Å². The zero-order chi connectivity index (χ0) is 17.5. The van der Waals surface area contributed by atoms with Gasteiger partial charge in [0.05, 0.1) is 11.5 Å². The fraction of sp³-hybridized carbons (Fsp3) is 0.176. The summed E-state index contributed by atoms with van der Waals surface area (Å²) in [6.45, 7) is 1.81. The van der Waals surface area contributed by atoms with Crippen molar-refractivity contribution in [1.82, 2.24) is 5.32 Å². The highest BCUT2D eigenvalue weighted by atomic mass is 16.6. The molecule has 0 aliphatic rings. The highest BCUT2D eigenvalue weighted by Gasteiger charge is 2.12. The Kier molecular flexibility index (Phi) is 5.62. The van der Waals surface area contributed by atoms with Gasteiger partial charge >= 0.3 is 0 Å². The molecule has 0 aromatic heterocycles.